The van der Waals surface area contributed by atoms with Crippen LogP contribution in [0.3, 0.4) is 0 Å². The summed E-state index contributed by atoms with van der Waals surface area (Å²) in [7, 11) is 0. The van der Waals surface area contributed by atoms with Crippen LogP contribution in [-0.2, 0) is 0 Å². The summed E-state index contributed by atoms with van der Waals surface area (Å²) in [4.78, 5) is 23.1. The van der Waals surface area contributed by atoms with Gasteiger partial charge in [-0.15, -0.1) is 0 Å². The first-order valence-corrected chi connectivity index (χ1v) is 9.30. The van der Waals surface area contributed by atoms with Crippen LogP contribution in [0.25, 0.3) is 10.9 Å². The van der Waals surface area contributed by atoms with Crippen molar-refractivity contribution in [3.05, 3.63) is 64.9 Å². The number of piperidine rings is 1. The molecule has 8 heteroatoms. The van der Waals surface area contributed by atoms with Crippen LogP contribution in [0.4, 0.5) is 14.6 Å². The first-order chi connectivity index (χ1) is 13.5. The molecule has 5 nitrogen and oxygen atoms in total. The van der Waals surface area contributed by atoms with Crippen molar-refractivity contribution >= 4 is 34.2 Å². The van der Waals surface area contributed by atoms with Crippen LogP contribution in [0.1, 0.15) is 23.2 Å². The maximum Gasteiger partial charge on any atom is 0.254 e. The van der Waals surface area contributed by atoms with Crippen LogP contribution in [-0.4, -0.2) is 35.0 Å². The summed E-state index contributed by atoms with van der Waals surface area (Å²) in [6, 6.07) is 8.37. The van der Waals surface area contributed by atoms with E-state index in [-0.39, 0.29) is 11.6 Å². The van der Waals surface area contributed by atoms with Crippen molar-refractivity contribution in [2.45, 2.75) is 18.9 Å². The SMILES string of the molecule is O=C(NC1CCN(c2ncnc3cc(Cl)ccc23)CC1)c1ccc(F)cc1F. The molecule has 0 unspecified atom stereocenters. The molecule has 4 rings (SSSR count). The Morgan fingerprint density at radius 2 is 1.89 bits per heavy atom. The van der Waals surface area contributed by atoms with Gasteiger partial charge >= 0.3 is 0 Å². The summed E-state index contributed by atoms with van der Waals surface area (Å²) in [5, 5.41) is 4.37. The molecule has 2 aromatic carbocycles. The summed E-state index contributed by atoms with van der Waals surface area (Å²) in [5.41, 5.74) is 0.627. The molecule has 3 aromatic rings. The summed E-state index contributed by atoms with van der Waals surface area (Å²) >= 11 is 6.03. The Bertz CT molecular complexity index is 1040. The molecule has 144 valence electrons. The molecule has 0 saturated carbocycles. The summed E-state index contributed by atoms with van der Waals surface area (Å²) in [5.74, 6) is -1.27. The third-order valence-electron chi connectivity index (χ3n) is 4.88. The fourth-order valence-corrected chi connectivity index (χ4v) is 3.61. The van der Waals surface area contributed by atoms with Crippen LogP contribution in [0.2, 0.25) is 5.02 Å². The predicted molar refractivity (Wildman–Crippen MR) is 104 cm³/mol. The van der Waals surface area contributed by atoms with E-state index in [9.17, 15) is 13.6 Å². The number of amides is 1. The van der Waals surface area contributed by atoms with Crippen molar-refractivity contribution in [3.63, 3.8) is 0 Å². The number of rotatable bonds is 3. The van der Waals surface area contributed by atoms with E-state index >= 15 is 0 Å². The smallest absolute Gasteiger partial charge is 0.254 e. The van der Waals surface area contributed by atoms with E-state index in [1.807, 2.05) is 6.07 Å². The molecule has 1 amide bonds. The fourth-order valence-electron chi connectivity index (χ4n) is 3.44. The molecule has 1 fully saturated rings. The summed E-state index contributed by atoms with van der Waals surface area (Å²) in [6.07, 6.45) is 2.89. The number of hydrogen-bond donors (Lipinski definition) is 1. The summed E-state index contributed by atoms with van der Waals surface area (Å²) in [6.45, 7) is 1.37. The molecule has 0 spiro atoms. The van der Waals surface area contributed by atoms with Crippen LogP contribution in [0, 0.1) is 11.6 Å². The van der Waals surface area contributed by atoms with Gasteiger partial charge < -0.3 is 10.2 Å². The highest BCUT2D eigenvalue weighted by atomic mass is 35.5. The maximum atomic E-state index is 13.8. The zero-order chi connectivity index (χ0) is 19.7. The average Bonchev–Trinajstić information content (AvgIpc) is 2.68. The highest BCUT2D eigenvalue weighted by Gasteiger charge is 2.24. The van der Waals surface area contributed by atoms with E-state index in [0.717, 1.165) is 28.9 Å². The number of nitrogens with one attached hydrogen (secondary N) is 1. The van der Waals surface area contributed by atoms with Gasteiger partial charge in [-0.1, -0.05) is 11.6 Å². The second kappa shape index (κ2) is 7.67. The molecule has 2 heterocycles. The predicted octanol–water partition coefficient (Wildman–Crippen LogP) is 3.96. The zero-order valence-corrected chi connectivity index (χ0v) is 15.6. The Morgan fingerprint density at radius 3 is 2.64 bits per heavy atom. The second-order valence-corrected chi connectivity index (χ2v) is 7.15. The van der Waals surface area contributed by atoms with Gasteiger partial charge in [-0.25, -0.2) is 18.7 Å². The van der Waals surface area contributed by atoms with Crippen molar-refractivity contribution in [2.24, 2.45) is 0 Å². The zero-order valence-electron chi connectivity index (χ0n) is 14.8. The van der Waals surface area contributed by atoms with Gasteiger partial charge in [0.1, 0.15) is 23.8 Å². The quantitative estimate of drug-likeness (QED) is 0.720. The Balaban J connectivity index is 1.43. The molecule has 1 aliphatic heterocycles. The number of aromatic nitrogens is 2. The topological polar surface area (TPSA) is 58.1 Å². The van der Waals surface area contributed by atoms with Gasteiger partial charge in [0, 0.05) is 35.6 Å². The maximum absolute atomic E-state index is 13.8. The van der Waals surface area contributed by atoms with Gasteiger partial charge in [0.25, 0.3) is 5.91 Å². The van der Waals surface area contributed by atoms with Crippen LogP contribution in [0.5, 0.6) is 0 Å². The molecule has 1 saturated heterocycles. The molecule has 28 heavy (non-hydrogen) atoms. The number of anilines is 1. The lowest BCUT2D eigenvalue weighted by molar-refractivity contribution is 0.0927. The monoisotopic (exact) mass is 402 g/mol. The van der Waals surface area contributed by atoms with Gasteiger partial charge in [0.05, 0.1) is 11.1 Å². The number of carbonyl (C=O) groups excluding carboxylic acids is 1. The lowest BCUT2D eigenvalue weighted by atomic mass is 10.0. The van der Waals surface area contributed by atoms with Gasteiger partial charge in [-0.3, -0.25) is 4.79 Å². The third-order valence-corrected chi connectivity index (χ3v) is 5.12. The first kappa shape index (κ1) is 18.6. The molecule has 1 N–H and O–H groups in total. The number of carbonyl (C=O) groups is 1. The minimum absolute atomic E-state index is 0.0873. The minimum Gasteiger partial charge on any atom is -0.356 e. The number of hydrogen-bond acceptors (Lipinski definition) is 4. The van der Waals surface area contributed by atoms with Crippen molar-refractivity contribution < 1.29 is 13.6 Å². The molecule has 0 bridgehead atoms. The van der Waals surface area contributed by atoms with E-state index in [0.29, 0.717) is 37.0 Å². The molecule has 0 aliphatic carbocycles. The third kappa shape index (κ3) is 3.75. The highest BCUT2D eigenvalue weighted by Crippen LogP contribution is 2.27. The van der Waals surface area contributed by atoms with Gasteiger partial charge in [0.2, 0.25) is 0 Å². The number of fused-ring (bicyclic) bond motifs is 1. The average molecular weight is 403 g/mol. The fraction of sp³-hybridized carbons (Fsp3) is 0.250. The lowest BCUT2D eigenvalue weighted by Gasteiger charge is -2.33. The van der Waals surface area contributed by atoms with E-state index in [2.05, 4.69) is 20.2 Å². The Hall–Kier alpha value is -2.80. The van der Waals surface area contributed by atoms with E-state index in [1.54, 1.807) is 12.1 Å². The molecule has 1 aliphatic rings. The van der Waals surface area contributed by atoms with Gasteiger partial charge in [-0.05, 0) is 43.2 Å². The van der Waals surface area contributed by atoms with Gasteiger partial charge in [0.15, 0.2) is 0 Å². The van der Waals surface area contributed by atoms with Gasteiger partial charge in [-0.2, -0.15) is 0 Å². The van der Waals surface area contributed by atoms with Crippen LogP contribution >= 0.6 is 11.6 Å². The van der Waals surface area contributed by atoms with Crippen molar-refractivity contribution in [3.8, 4) is 0 Å². The first-order valence-electron chi connectivity index (χ1n) is 8.92. The Labute approximate surface area is 165 Å². The molecular weight excluding hydrogens is 386 g/mol. The largest absolute Gasteiger partial charge is 0.356 e. The minimum atomic E-state index is -0.860. The van der Waals surface area contributed by atoms with Crippen LogP contribution in [0.15, 0.2) is 42.7 Å². The molecule has 1 aromatic heterocycles. The number of halogens is 3. The standard InChI is InChI=1S/C20H17ClF2N4O/c21-12-1-3-16-18(9-12)24-11-25-19(16)27-7-5-14(6-8-27)26-20(28)15-4-2-13(22)10-17(15)23/h1-4,9-11,14H,5-8H2,(H,26,28). The molecule has 0 atom stereocenters. The lowest BCUT2D eigenvalue weighted by Crippen LogP contribution is -2.45. The van der Waals surface area contributed by atoms with E-state index < -0.39 is 17.5 Å². The Kier molecular flexibility index (Phi) is 5.09. The molecule has 0 radical (unpaired) electrons. The van der Waals surface area contributed by atoms with E-state index in [1.165, 1.54) is 6.33 Å². The van der Waals surface area contributed by atoms with Crippen molar-refractivity contribution in [2.75, 3.05) is 18.0 Å². The second-order valence-electron chi connectivity index (χ2n) is 6.72. The molecular formula is C20H17ClF2N4O. The van der Waals surface area contributed by atoms with Crippen molar-refractivity contribution in [1.29, 1.82) is 0 Å². The normalized spacial score (nSPS) is 15.0. The summed E-state index contributed by atoms with van der Waals surface area (Å²) < 4.78 is 26.8. The Morgan fingerprint density at radius 1 is 1.11 bits per heavy atom. The van der Waals surface area contributed by atoms with Crippen LogP contribution < -0.4 is 10.2 Å². The van der Waals surface area contributed by atoms with Crippen molar-refractivity contribution in [1.82, 2.24) is 15.3 Å². The van der Waals surface area contributed by atoms with E-state index in [4.69, 9.17) is 11.6 Å². The number of benzene rings is 2. The number of nitrogens with zero attached hydrogens (tertiary/aromatic N) is 3. The highest BCUT2D eigenvalue weighted by molar-refractivity contribution is 6.31.